The van der Waals surface area contributed by atoms with Crippen LogP contribution in [-0.4, -0.2) is 66.2 Å². The molecule has 10 nitrogen and oxygen atoms in total. The number of nitrogens with zero attached hydrogens (tertiary/aromatic N) is 1. The number of hydrogen-bond donors (Lipinski definition) is 3. The van der Waals surface area contributed by atoms with Crippen LogP contribution in [0.1, 0.15) is 56.9 Å². The van der Waals surface area contributed by atoms with Gasteiger partial charge >= 0.3 is 12.1 Å². The van der Waals surface area contributed by atoms with E-state index < -0.39 is 30.1 Å². The van der Waals surface area contributed by atoms with E-state index in [1.165, 1.54) is 7.11 Å². The van der Waals surface area contributed by atoms with E-state index in [4.69, 9.17) is 9.47 Å². The Morgan fingerprint density at radius 1 is 1.11 bits per heavy atom. The molecule has 0 spiro atoms. The summed E-state index contributed by atoms with van der Waals surface area (Å²) in [6.45, 7) is 1.18. The van der Waals surface area contributed by atoms with Crippen LogP contribution in [0.25, 0.3) is 0 Å². The molecular formula is C25H35N3O7. The summed E-state index contributed by atoms with van der Waals surface area (Å²) in [6.07, 6.45) is 4.29. The molecule has 3 N–H and O–H groups in total. The molecule has 35 heavy (non-hydrogen) atoms. The molecule has 10 heteroatoms. The summed E-state index contributed by atoms with van der Waals surface area (Å²) in [4.78, 5) is 51.2. The Balaban J connectivity index is 1.60. The van der Waals surface area contributed by atoms with E-state index >= 15 is 0 Å². The van der Waals surface area contributed by atoms with Crippen molar-refractivity contribution in [2.75, 3.05) is 20.3 Å². The molecule has 192 valence electrons. The summed E-state index contributed by atoms with van der Waals surface area (Å²) in [5.41, 5.74) is 0.904. The zero-order valence-corrected chi connectivity index (χ0v) is 20.2. The zero-order valence-electron chi connectivity index (χ0n) is 20.2. The Bertz CT molecular complexity index is 901. The lowest BCUT2D eigenvalue weighted by molar-refractivity contribution is -0.146. The van der Waals surface area contributed by atoms with E-state index in [0.717, 1.165) is 43.4 Å². The Morgan fingerprint density at radius 2 is 1.86 bits per heavy atom. The van der Waals surface area contributed by atoms with Gasteiger partial charge in [0.2, 0.25) is 11.8 Å². The average Bonchev–Trinajstić information content (AvgIpc) is 3.08. The van der Waals surface area contributed by atoms with E-state index in [-0.39, 0.29) is 24.7 Å². The highest BCUT2D eigenvalue weighted by molar-refractivity contribution is 5.89. The highest BCUT2D eigenvalue weighted by Crippen LogP contribution is 2.27. The summed E-state index contributed by atoms with van der Waals surface area (Å²) >= 11 is 0. The largest absolute Gasteiger partial charge is 0.491 e. The maximum Gasteiger partial charge on any atom is 0.405 e. The van der Waals surface area contributed by atoms with Gasteiger partial charge < -0.3 is 30.1 Å². The lowest BCUT2D eigenvalue weighted by Crippen LogP contribution is -2.52. The molecule has 0 unspecified atom stereocenters. The minimum atomic E-state index is -1.30. The standard InChI is InChI=1S/C25H35N3O7/c1-34-24(31)19(26-23(30)20(27-25(32)33)15-17-7-3-2-4-8-17)11-12-22(29)28-13-14-35-21-10-6-5-9-18(21)16-28/h5-6,9-10,17,19-20,27H,2-4,7-8,11-16H2,1H3,(H,26,30)(H,32,33)/t19-,20-/m0/s1. The number of esters is 1. The van der Waals surface area contributed by atoms with Crippen LogP contribution in [0.3, 0.4) is 0 Å². The molecule has 0 saturated heterocycles. The molecule has 3 amide bonds. The van der Waals surface area contributed by atoms with Crippen molar-refractivity contribution >= 4 is 23.9 Å². The van der Waals surface area contributed by atoms with Crippen molar-refractivity contribution in [1.82, 2.24) is 15.5 Å². The van der Waals surface area contributed by atoms with Gasteiger partial charge in [-0.25, -0.2) is 9.59 Å². The van der Waals surface area contributed by atoms with Gasteiger partial charge in [-0.1, -0.05) is 50.3 Å². The molecule has 1 aliphatic carbocycles. The highest BCUT2D eigenvalue weighted by atomic mass is 16.5. The number of carbonyl (C=O) groups is 4. The van der Waals surface area contributed by atoms with Crippen LogP contribution in [0, 0.1) is 5.92 Å². The fraction of sp³-hybridized carbons (Fsp3) is 0.600. The first kappa shape index (κ1) is 26.3. The van der Waals surface area contributed by atoms with E-state index in [1.54, 1.807) is 4.90 Å². The van der Waals surface area contributed by atoms with Crippen molar-refractivity contribution in [3.63, 3.8) is 0 Å². The van der Waals surface area contributed by atoms with Gasteiger partial charge in [-0.05, 0) is 24.8 Å². The van der Waals surface area contributed by atoms with E-state index in [0.29, 0.717) is 26.1 Å². The molecule has 2 atom stereocenters. The summed E-state index contributed by atoms with van der Waals surface area (Å²) in [7, 11) is 1.21. The first-order valence-electron chi connectivity index (χ1n) is 12.2. The number of rotatable bonds is 9. The van der Waals surface area contributed by atoms with Gasteiger partial charge in [0, 0.05) is 18.5 Å². The third kappa shape index (κ3) is 7.87. The molecule has 1 saturated carbocycles. The predicted octanol–water partition coefficient (Wildman–Crippen LogP) is 2.45. The number of carbonyl (C=O) groups excluding carboxylic acids is 3. The van der Waals surface area contributed by atoms with Crippen LogP contribution in [0.5, 0.6) is 5.75 Å². The molecule has 3 rings (SSSR count). The third-order valence-corrected chi connectivity index (χ3v) is 6.66. The number of benzene rings is 1. The summed E-state index contributed by atoms with van der Waals surface area (Å²) in [6, 6.07) is 5.49. The normalized spacial score (nSPS) is 17.7. The molecule has 0 bridgehead atoms. The van der Waals surface area contributed by atoms with Crippen molar-refractivity contribution < 1.29 is 33.8 Å². The van der Waals surface area contributed by atoms with Crippen molar-refractivity contribution in [2.45, 2.75) is 70.0 Å². The lowest BCUT2D eigenvalue weighted by atomic mass is 9.84. The fourth-order valence-corrected chi connectivity index (χ4v) is 4.76. The van der Waals surface area contributed by atoms with Gasteiger partial charge in [0.15, 0.2) is 0 Å². The van der Waals surface area contributed by atoms with Crippen molar-refractivity contribution in [2.24, 2.45) is 5.92 Å². The Labute approximate surface area is 205 Å². The Hall–Kier alpha value is -3.30. The van der Waals surface area contributed by atoms with Crippen molar-refractivity contribution in [1.29, 1.82) is 0 Å². The molecule has 0 radical (unpaired) electrons. The smallest absolute Gasteiger partial charge is 0.405 e. The van der Waals surface area contributed by atoms with E-state index in [2.05, 4.69) is 10.6 Å². The van der Waals surface area contributed by atoms with Crippen LogP contribution in [0.15, 0.2) is 24.3 Å². The van der Waals surface area contributed by atoms with E-state index in [9.17, 15) is 24.3 Å². The molecule has 1 aromatic rings. The summed E-state index contributed by atoms with van der Waals surface area (Å²) in [5, 5.41) is 14.1. The van der Waals surface area contributed by atoms with Gasteiger partial charge in [0.25, 0.3) is 0 Å². The second kappa shape index (κ2) is 13.0. The predicted molar refractivity (Wildman–Crippen MR) is 127 cm³/mol. The Kier molecular flexibility index (Phi) is 9.75. The quantitative estimate of drug-likeness (QED) is 0.454. The number of hydrogen-bond acceptors (Lipinski definition) is 6. The number of ether oxygens (including phenoxy) is 2. The van der Waals surface area contributed by atoms with Gasteiger partial charge in [-0.3, -0.25) is 9.59 Å². The van der Waals surface area contributed by atoms with Gasteiger partial charge in [-0.15, -0.1) is 0 Å². The first-order valence-corrected chi connectivity index (χ1v) is 12.2. The summed E-state index contributed by atoms with van der Waals surface area (Å²) in [5.74, 6) is -0.439. The van der Waals surface area contributed by atoms with Crippen LogP contribution in [0.4, 0.5) is 4.79 Å². The van der Waals surface area contributed by atoms with Gasteiger partial charge in [0.1, 0.15) is 24.4 Å². The molecule has 1 aromatic carbocycles. The number of carboxylic acid groups (broad SMARTS) is 1. The molecule has 2 aliphatic rings. The topological polar surface area (TPSA) is 134 Å². The number of nitrogens with one attached hydrogen (secondary N) is 2. The van der Waals surface area contributed by atoms with Crippen molar-refractivity contribution in [3.05, 3.63) is 29.8 Å². The fourth-order valence-electron chi connectivity index (χ4n) is 4.76. The second-order valence-electron chi connectivity index (χ2n) is 9.14. The van der Waals surface area contributed by atoms with E-state index in [1.807, 2.05) is 24.3 Å². The molecule has 0 aromatic heterocycles. The van der Waals surface area contributed by atoms with Crippen molar-refractivity contribution in [3.8, 4) is 5.75 Å². The van der Waals surface area contributed by atoms with Gasteiger partial charge in [0.05, 0.1) is 13.7 Å². The zero-order chi connectivity index (χ0) is 25.2. The molecule has 1 fully saturated rings. The number of para-hydroxylation sites is 1. The minimum Gasteiger partial charge on any atom is -0.491 e. The van der Waals surface area contributed by atoms with Crippen LogP contribution < -0.4 is 15.4 Å². The van der Waals surface area contributed by atoms with Crippen LogP contribution >= 0.6 is 0 Å². The Morgan fingerprint density at radius 3 is 2.57 bits per heavy atom. The van der Waals surface area contributed by atoms with Crippen LogP contribution in [0.2, 0.25) is 0 Å². The highest BCUT2D eigenvalue weighted by Gasteiger charge is 2.31. The SMILES string of the molecule is COC(=O)[C@H](CCC(=O)N1CCOc2ccccc2C1)NC(=O)[C@H](CC1CCCCC1)NC(=O)O. The molecular weight excluding hydrogens is 454 g/mol. The second-order valence-corrected chi connectivity index (χ2v) is 9.14. The third-order valence-electron chi connectivity index (χ3n) is 6.66. The lowest BCUT2D eigenvalue weighted by Gasteiger charge is -2.27. The molecule has 1 aliphatic heterocycles. The molecule has 1 heterocycles. The maximum atomic E-state index is 13.0. The number of methoxy groups -OCH3 is 1. The maximum absolute atomic E-state index is 13.0. The van der Waals surface area contributed by atoms with Gasteiger partial charge in [-0.2, -0.15) is 0 Å². The minimum absolute atomic E-state index is 0.0157. The van der Waals surface area contributed by atoms with Crippen LogP contribution in [-0.2, 0) is 25.7 Å². The average molecular weight is 490 g/mol. The number of amides is 3. The first-order chi connectivity index (χ1) is 16.9. The number of fused-ring (bicyclic) bond motifs is 1. The summed E-state index contributed by atoms with van der Waals surface area (Å²) < 4.78 is 10.5. The monoisotopic (exact) mass is 489 g/mol.